The van der Waals surface area contributed by atoms with Gasteiger partial charge in [0.15, 0.2) is 4.96 Å². The Kier molecular flexibility index (Phi) is 4.15. The zero-order valence-electron chi connectivity index (χ0n) is 12.8. The highest BCUT2D eigenvalue weighted by Crippen LogP contribution is 2.29. The third-order valence-corrected chi connectivity index (χ3v) is 4.35. The van der Waals surface area contributed by atoms with Crippen molar-refractivity contribution in [3.63, 3.8) is 0 Å². The van der Waals surface area contributed by atoms with Crippen LogP contribution in [-0.2, 0) is 6.54 Å². The number of hydrogen-bond donors (Lipinski definition) is 1. The standard InChI is InChI=1S/C14H11N5O5S/c1-8-11(18(21)22)4-9(5-12(8)19(23)24)13(20)15-6-10-7-17-2-3-25-14(17)16-10/h2-5,7H,6H2,1H3,(H,15,20). The van der Waals surface area contributed by atoms with Crippen LogP contribution in [0.25, 0.3) is 4.96 Å². The smallest absolute Gasteiger partial charge is 0.279 e. The number of benzene rings is 1. The summed E-state index contributed by atoms with van der Waals surface area (Å²) in [6.07, 6.45) is 3.57. The molecule has 0 aliphatic carbocycles. The Hall–Kier alpha value is -3.34. The molecule has 10 nitrogen and oxygen atoms in total. The van der Waals surface area contributed by atoms with Crippen LogP contribution >= 0.6 is 11.3 Å². The Bertz CT molecular complexity index is 945. The monoisotopic (exact) mass is 361 g/mol. The maximum absolute atomic E-state index is 12.2. The number of imidazole rings is 1. The lowest BCUT2D eigenvalue weighted by molar-refractivity contribution is -0.395. The van der Waals surface area contributed by atoms with Crippen LogP contribution < -0.4 is 5.32 Å². The van der Waals surface area contributed by atoms with Crippen LogP contribution in [-0.4, -0.2) is 25.1 Å². The molecule has 2 aromatic heterocycles. The Morgan fingerprint density at radius 3 is 2.48 bits per heavy atom. The van der Waals surface area contributed by atoms with Crippen molar-refractivity contribution in [1.29, 1.82) is 0 Å². The highest BCUT2D eigenvalue weighted by molar-refractivity contribution is 7.15. The topological polar surface area (TPSA) is 133 Å². The lowest BCUT2D eigenvalue weighted by Crippen LogP contribution is -2.23. The molecule has 0 fully saturated rings. The molecular formula is C14H11N5O5S. The molecule has 0 unspecified atom stereocenters. The predicted octanol–water partition coefficient (Wildman–Crippen LogP) is 2.45. The van der Waals surface area contributed by atoms with Crippen LogP contribution in [0.15, 0.2) is 29.9 Å². The molecule has 0 aliphatic heterocycles. The van der Waals surface area contributed by atoms with E-state index in [-0.39, 0.29) is 17.7 Å². The molecule has 1 aromatic carbocycles. The van der Waals surface area contributed by atoms with Crippen LogP contribution in [0.1, 0.15) is 21.6 Å². The molecule has 3 aromatic rings. The fourth-order valence-electron chi connectivity index (χ4n) is 2.33. The van der Waals surface area contributed by atoms with E-state index in [1.54, 1.807) is 10.6 Å². The molecule has 1 amide bonds. The number of aromatic nitrogens is 2. The third kappa shape index (κ3) is 3.17. The van der Waals surface area contributed by atoms with Crippen molar-refractivity contribution >= 4 is 33.6 Å². The van der Waals surface area contributed by atoms with Gasteiger partial charge in [0.2, 0.25) is 0 Å². The summed E-state index contributed by atoms with van der Waals surface area (Å²) in [6, 6.07) is 2.06. The average molecular weight is 361 g/mol. The normalized spacial score (nSPS) is 10.8. The Balaban J connectivity index is 1.84. The Labute approximate surface area is 144 Å². The van der Waals surface area contributed by atoms with Crippen LogP contribution in [0.3, 0.4) is 0 Å². The summed E-state index contributed by atoms with van der Waals surface area (Å²) >= 11 is 1.44. The molecule has 1 N–H and O–H groups in total. The number of nitro groups is 2. The minimum absolute atomic E-state index is 0.0964. The van der Waals surface area contributed by atoms with E-state index >= 15 is 0 Å². The first-order valence-electron chi connectivity index (χ1n) is 6.99. The molecule has 0 atom stereocenters. The molecule has 0 saturated carbocycles. The van der Waals surface area contributed by atoms with Crippen LogP contribution in [0.5, 0.6) is 0 Å². The highest BCUT2D eigenvalue weighted by Gasteiger charge is 2.25. The summed E-state index contributed by atoms with van der Waals surface area (Å²) in [5.74, 6) is -0.650. The quantitative estimate of drug-likeness (QED) is 0.548. The van der Waals surface area contributed by atoms with Gasteiger partial charge in [0.25, 0.3) is 17.3 Å². The fraction of sp³-hybridized carbons (Fsp3) is 0.143. The number of amides is 1. The maximum atomic E-state index is 12.2. The van der Waals surface area contributed by atoms with Crippen molar-refractivity contribution in [3.8, 4) is 0 Å². The molecule has 11 heteroatoms. The minimum Gasteiger partial charge on any atom is -0.346 e. The second kappa shape index (κ2) is 6.28. The van der Waals surface area contributed by atoms with Crippen LogP contribution in [0, 0.1) is 27.2 Å². The number of carbonyl (C=O) groups excluding carboxylic acids is 1. The number of nitrogens with one attached hydrogen (secondary N) is 1. The van der Waals surface area contributed by atoms with E-state index in [9.17, 15) is 25.0 Å². The van der Waals surface area contributed by atoms with Crippen LogP contribution in [0.4, 0.5) is 11.4 Å². The summed E-state index contributed by atoms with van der Waals surface area (Å²) in [5, 5.41) is 26.6. The number of fused-ring (bicyclic) bond motifs is 1. The Morgan fingerprint density at radius 2 is 1.92 bits per heavy atom. The molecule has 0 spiro atoms. The van der Waals surface area contributed by atoms with Gasteiger partial charge in [-0.25, -0.2) is 4.98 Å². The van der Waals surface area contributed by atoms with Gasteiger partial charge in [-0.15, -0.1) is 11.3 Å². The van der Waals surface area contributed by atoms with Crippen molar-refractivity contribution in [3.05, 3.63) is 67.0 Å². The van der Waals surface area contributed by atoms with E-state index in [0.29, 0.717) is 5.69 Å². The number of rotatable bonds is 5. The van der Waals surface area contributed by atoms with Crippen molar-refractivity contribution in [2.24, 2.45) is 0 Å². The third-order valence-electron chi connectivity index (χ3n) is 3.58. The van der Waals surface area contributed by atoms with Gasteiger partial charge in [-0.2, -0.15) is 0 Å². The molecule has 2 heterocycles. The van der Waals surface area contributed by atoms with Crippen molar-refractivity contribution in [2.75, 3.05) is 0 Å². The second-order valence-electron chi connectivity index (χ2n) is 5.16. The summed E-state index contributed by atoms with van der Waals surface area (Å²) in [4.78, 5) is 37.9. The molecule has 128 valence electrons. The molecule has 0 aliphatic rings. The molecule has 25 heavy (non-hydrogen) atoms. The van der Waals surface area contributed by atoms with E-state index in [0.717, 1.165) is 17.1 Å². The van der Waals surface area contributed by atoms with E-state index in [1.165, 1.54) is 18.3 Å². The summed E-state index contributed by atoms with van der Waals surface area (Å²) < 4.78 is 1.80. The minimum atomic E-state index is -0.747. The average Bonchev–Trinajstić information content (AvgIpc) is 3.13. The van der Waals surface area contributed by atoms with Gasteiger partial charge in [0, 0.05) is 29.9 Å². The molecular weight excluding hydrogens is 350 g/mol. The Morgan fingerprint density at radius 1 is 1.28 bits per heavy atom. The van der Waals surface area contributed by atoms with Gasteiger partial charge < -0.3 is 5.32 Å². The SMILES string of the molecule is Cc1c([N+](=O)[O-])cc(C(=O)NCc2cn3ccsc3n2)cc1[N+](=O)[O-]. The van der Waals surface area contributed by atoms with Crippen LogP contribution in [0.2, 0.25) is 0 Å². The lowest BCUT2D eigenvalue weighted by atomic mass is 10.1. The van der Waals surface area contributed by atoms with E-state index < -0.39 is 27.1 Å². The maximum Gasteiger partial charge on any atom is 0.279 e. The largest absolute Gasteiger partial charge is 0.346 e. The fourth-order valence-corrected chi connectivity index (χ4v) is 3.05. The first kappa shape index (κ1) is 16.5. The first-order chi connectivity index (χ1) is 11.9. The number of carbonyl (C=O) groups is 1. The van der Waals surface area contributed by atoms with Gasteiger partial charge in [-0.05, 0) is 6.92 Å². The van der Waals surface area contributed by atoms with Gasteiger partial charge in [-0.1, -0.05) is 0 Å². The van der Waals surface area contributed by atoms with Crippen molar-refractivity contribution in [2.45, 2.75) is 13.5 Å². The number of thiazole rings is 1. The first-order valence-corrected chi connectivity index (χ1v) is 7.87. The molecule has 0 bridgehead atoms. The van der Waals surface area contributed by atoms with E-state index in [4.69, 9.17) is 0 Å². The van der Waals surface area contributed by atoms with E-state index in [1.807, 2.05) is 11.6 Å². The number of nitro benzene ring substituents is 2. The zero-order chi connectivity index (χ0) is 18.1. The molecule has 3 rings (SSSR count). The molecule has 0 saturated heterocycles. The lowest BCUT2D eigenvalue weighted by Gasteiger charge is -2.05. The van der Waals surface area contributed by atoms with Gasteiger partial charge in [0.05, 0.1) is 27.6 Å². The van der Waals surface area contributed by atoms with E-state index in [2.05, 4.69) is 10.3 Å². The predicted molar refractivity (Wildman–Crippen MR) is 88.7 cm³/mol. The highest BCUT2D eigenvalue weighted by atomic mass is 32.1. The summed E-state index contributed by atoms with van der Waals surface area (Å²) in [7, 11) is 0. The number of hydrogen-bond acceptors (Lipinski definition) is 7. The second-order valence-corrected chi connectivity index (χ2v) is 6.03. The summed E-state index contributed by atoms with van der Waals surface area (Å²) in [5.41, 5.74) is -0.578. The summed E-state index contributed by atoms with van der Waals surface area (Å²) in [6.45, 7) is 1.37. The van der Waals surface area contributed by atoms with Gasteiger partial charge in [-0.3, -0.25) is 29.4 Å². The zero-order valence-corrected chi connectivity index (χ0v) is 13.6. The number of nitrogens with zero attached hydrogens (tertiary/aromatic N) is 4. The van der Waals surface area contributed by atoms with Gasteiger partial charge in [0.1, 0.15) is 5.56 Å². The van der Waals surface area contributed by atoms with Crippen molar-refractivity contribution in [1.82, 2.24) is 14.7 Å². The molecule has 0 radical (unpaired) electrons. The van der Waals surface area contributed by atoms with Gasteiger partial charge >= 0.3 is 0 Å². The van der Waals surface area contributed by atoms with Crippen molar-refractivity contribution < 1.29 is 14.6 Å².